The average Bonchev–Trinajstić information content (AvgIpc) is 2.37. The van der Waals surface area contributed by atoms with Crippen LogP contribution in [0.25, 0.3) is 0 Å². The standard InChI is InChI=1S/C13H18N2O3/c1-9-6-12(16)11(8-14-9)13(17)15-7-10-4-2-3-5-18-10/h6,8,10H,2-5,7H2,1H3,(H,14,16)(H,15,17). The number of hydrogen-bond acceptors (Lipinski definition) is 3. The van der Waals surface area contributed by atoms with Crippen LogP contribution in [0.1, 0.15) is 35.3 Å². The Kier molecular flexibility index (Phi) is 4.15. The second-order valence-corrected chi connectivity index (χ2v) is 4.59. The SMILES string of the molecule is Cc1cc(=O)c(C(=O)NCC2CCCCO2)c[nH]1. The molecule has 0 radical (unpaired) electrons. The van der Waals surface area contributed by atoms with Gasteiger partial charge in [0.15, 0.2) is 5.43 Å². The third kappa shape index (κ3) is 3.20. The number of amides is 1. The van der Waals surface area contributed by atoms with Crippen LogP contribution in [0, 0.1) is 6.92 Å². The maximum absolute atomic E-state index is 11.8. The Morgan fingerprint density at radius 2 is 2.39 bits per heavy atom. The number of aromatic nitrogens is 1. The topological polar surface area (TPSA) is 71.2 Å². The second-order valence-electron chi connectivity index (χ2n) is 4.59. The Hall–Kier alpha value is -1.62. The molecule has 1 aromatic rings. The van der Waals surface area contributed by atoms with Gasteiger partial charge in [0.25, 0.3) is 5.91 Å². The van der Waals surface area contributed by atoms with Gasteiger partial charge in [0.1, 0.15) is 5.56 Å². The van der Waals surface area contributed by atoms with E-state index in [-0.39, 0.29) is 23.0 Å². The van der Waals surface area contributed by atoms with Gasteiger partial charge >= 0.3 is 0 Å². The van der Waals surface area contributed by atoms with E-state index < -0.39 is 0 Å². The summed E-state index contributed by atoms with van der Waals surface area (Å²) in [4.78, 5) is 26.3. The largest absolute Gasteiger partial charge is 0.376 e. The van der Waals surface area contributed by atoms with Gasteiger partial charge in [-0.3, -0.25) is 9.59 Å². The van der Waals surface area contributed by atoms with Crippen LogP contribution in [0.5, 0.6) is 0 Å². The van der Waals surface area contributed by atoms with Gasteiger partial charge in [0, 0.05) is 31.1 Å². The Labute approximate surface area is 106 Å². The maximum Gasteiger partial charge on any atom is 0.256 e. The zero-order valence-corrected chi connectivity index (χ0v) is 10.5. The molecule has 18 heavy (non-hydrogen) atoms. The molecule has 5 nitrogen and oxygen atoms in total. The molecule has 2 rings (SSSR count). The smallest absolute Gasteiger partial charge is 0.256 e. The molecule has 1 unspecified atom stereocenters. The molecule has 98 valence electrons. The van der Waals surface area contributed by atoms with Crippen molar-refractivity contribution in [1.29, 1.82) is 0 Å². The van der Waals surface area contributed by atoms with E-state index in [1.807, 2.05) is 0 Å². The molecule has 0 aliphatic carbocycles. The van der Waals surface area contributed by atoms with Crippen molar-refractivity contribution < 1.29 is 9.53 Å². The van der Waals surface area contributed by atoms with Crippen LogP contribution in [0.2, 0.25) is 0 Å². The molecule has 1 amide bonds. The minimum atomic E-state index is -0.342. The van der Waals surface area contributed by atoms with E-state index in [0.717, 1.165) is 31.6 Å². The fourth-order valence-electron chi connectivity index (χ4n) is 2.02. The summed E-state index contributed by atoms with van der Waals surface area (Å²) in [7, 11) is 0. The molecule has 1 fully saturated rings. The molecular formula is C13H18N2O3. The first kappa shape index (κ1) is 12.8. The number of H-pyrrole nitrogens is 1. The lowest BCUT2D eigenvalue weighted by Gasteiger charge is -2.22. The molecule has 0 bridgehead atoms. The van der Waals surface area contributed by atoms with Crippen LogP contribution in [0.4, 0.5) is 0 Å². The van der Waals surface area contributed by atoms with Crippen LogP contribution in [0.3, 0.4) is 0 Å². The maximum atomic E-state index is 11.8. The summed E-state index contributed by atoms with van der Waals surface area (Å²) < 4.78 is 5.51. The summed E-state index contributed by atoms with van der Waals surface area (Å²) in [5.41, 5.74) is 0.636. The molecule has 0 saturated carbocycles. The highest BCUT2D eigenvalue weighted by molar-refractivity contribution is 5.93. The highest BCUT2D eigenvalue weighted by Crippen LogP contribution is 2.11. The molecule has 1 saturated heterocycles. The van der Waals surface area contributed by atoms with Crippen molar-refractivity contribution >= 4 is 5.91 Å². The van der Waals surface area contributed by atoms with Crippen LogP contribution in [0.15, 0.2) is 17.1 Å². The quantitative estimate of drug-likeness (QED) is 0.840. The fraction of sp³-hybridized carbons (Fsp3) is 0.538. The van der Waals surface area contributed by atoms with Gasteiger partial charge in [0.05, 0.1) is 6.10 Å². The van der Waals surface area contributed by atoms with Crippen LogP contribution in [-0.4, -0.2) is 30.1 Å². The zero-order chi connectivity index (χ0) is 13.0. The number of nitrogens with one attached hydrogen (secondary N) is 2. The van der Waals surface area contributed by atoms with Crippen LogP contribution < -0.4 is 10.7 Å². The normalized spacial score (nSPS) is 19.5. The molecule has 1 aromatic heterocycles. The van der Waals surface area contributed by atoms with Crippen LogP contribution >= 0.6 is 0 Å². The van der Waals surface area contributed by atoms with Gasteiger partial charge in [-0.2, -0.15) is 0 Å². The molecule has 0 aromatic carbocycles. The summed E-state index contributed by atoms with van der Waals surface area (Å²) in [5.74, 6) is -0.342. The van der Waals surface area contributed by atoms with Crippen molar-refractivity contribution in [1.82, 2.24) is 10.3 Å². The molecule has 1 atom stereocenters. The fourth-order valence-corrected chi connectivity index (χ4v) is 2.02. The van der Waals surface area contributed by atoms with E-state index in [9.17, 15) is 9.59 Å². The summed E-state index contributed by atoms with van der Waals surface area (Å²) >= 11 is 0. The second kappa shape index (κ2) is 5.82. The molecular weight excluding hydrogens is 232 g/mol. The van der Waals surface area contributed by atoms with E-state index in [1.54, 1.807) is 6.92 Å². The van der Waals surface area contributed by atoms with Crippen molar-refractivity contribution in [3.8, 4) is 0 Å². The van der Waals surface area contributed by atoms with E-state index in [2.05, 4.69) is 10.3 Å². The van der Waals surface area contributed by atoms with Crippen molar-refractivity contribution in [2.24, 2.45) is 0 Å². The lowest BCUT2D eigenvalue weighted by Crippen LogP contribution is -2.37. The van der Waals surface area contributed by atoms with Gasteiger partial charge in [-0.25, -0.2) is 0 Å². The summed E-state index contributed by atoms with van der Waals surface area (Å²) in [6.45, 7) is 3.00. The number of hydrogen-bond donors (Lipinski definition) is 2. The molecule has 2 N–H and O–H groups in total. The number of aryl methyl sites for hydroxylation is 1. The highest BCUT2D eigenvalue weighted by atomic mass is 16.5. The lowest BCUT2D eigenvalue weighted by molar-refractivity contribution is 0.0169. The number of aromatic amines is 1. The first-order valence-electron chi connectivity index (χ1n) is 6.26. The third-order valence-corrected chi connectivity index (χ3v) is 3.07. The Morgan fingerprint density at radius 3 is 3.06 bits per heavy atom. The van der Waals surface area contributed by atoms with Gasteiger partial charge in [-0.05, 0) is 26.2 Å². The summed E-state index contributed by atoms with van der Waals surface area (Å²) in [6.07, 6.45) is 4.71. The zero-order valence-electron chi connectivity index (χ0n) is 10.5. The van der Waals surface area contributed by atoms with Crippen molar-refractivity contribution in [3.63, 3.8) is 0 Å². The van der Waals surface area contributed by atoms with Crippen molar-refractivity contribution in [3.05, 3.63) is 33.7 Å². The van der Waals surface area contributed by atoms with E-state index in [1.165, 1.54) is 12.3 Å². The lowest BCUT2D eigenvalue weighted by atomic mass is 10.1. The first-order valence-corrected chi connectivity index (χ1v) is 6.26. The Balaban J connectivity index is 1.93. The number of pyridine rings is 1. The summed E-state index contributed by atoms with van der Waals surface area (Å²) in [5, 5.41) is 2.75. The number of rotatable bonds is 3. The minimum absolute atomic E-state index is 0.0761. The van der Waals surface area contributed by atoms with E-state index >= 15 is 0 Å². The van der Waals surface area contributed by atoms with Crippen molar-refractivity contribution in [2.45, 2.75) is 32.3 Å². The molecule has 0 spiro atoms. The monoisotopic (exact) mass is 250 g/mol. The number of carbonyl (C=O) groups excluding carboxylic acids is 1. The van der Waals surface area contributed by atoms with Crippen LogP contribution in [-0.2, 0) is 4.74 Å². The molecule has 2 heterocycles. The first-order chi connectivity index (χ1) is 8.66. The van der Waals surface area contributed by atoms with Gasteiger partial charge in [-0.15, -0.1) is 0 Å². The minimum Gasteiger partial charge on any atom is -0.376 e. The highest BCUT2D eigenvalue weighted by Gasteiger charge is 2.16. The number of ether oxygens (including phenoxy) is 1. The van der Waals surface area contributed by atoms with Gasteiger partial charge < -0.3 is 15.0 Å². The third-order valence-electron chi connectivity index (χ3n) is 3.07. The van der Waals surface area contributed by atoms with Gasteiger partial charge in [-0.1, -0.05) is 0 Å². The Bertz CT molecular complexity index is 475. The summed E-state index contributed by atoms with van der Waals surface area (Å²) in [6, 6.07) is 1.42. The average molecular weight is 250 g/mol. The number of carbonyl (C=O) groups is 1. The molecule has 1 aliphatic rings. The van der Waals surface area contributed by atoms with Crippen molar-refractivity contribution in [2.75, 3.05) is 13.2 Å². The van der Waals surface area contributed by atoms with Gasteiger partial charge in [0.2, 0.25) is 0 Å². The Morgan fingerprint density at radius 1 is 1.56 bits per heavy atom. The molecule has 1 aliphatic heterocycles. The van der Waals surface area contributed by atoms with E-state index in [0.29, 0.717) is 6.54 Å². The molecule has 5 heteroatoms. The predicted octanol–water partition coefficient (Wildman–Crippen LogP) is 0.982. The predicted molar refractivity (Wildman–Crippen MR) is 67.7 cm³/mol. The van der Waals surface area contributed by atoms with E-state index in [4.69, 9.17) is 4.74 Å².